The van der Waals surface area contributed by atoms with Crippen molar-refractivity contribution in [1.29, 1.82) is 0 Å². The fraction of sp³-hybridized carbons (Fsp3) is 0.519. The van der Waals surface area contributed by atoms with Crippen LogP contribution < -0.4 is 10.1 Å². The van der Waals surface area contributed by atoms with Gasteiger partial charge < -0.3 is 14.2 Å². The molecule has 198 valence electrons. The molecule has 7 nitrogen and oxygen atoms in total. The molecule has 0 bridgehead atoms. The van der Waals surface area contributed by atoms with Crippen molar-refractivity contribution >= 4 is 32.8 Å². The highest BCUT2D eigenvalue weighted by molar-refractivity contribution is 8.29. The summed E-state index contributed by atoms with van der Waals surface area (Å²) in [5.41, 5.74) is -0.0644. The Labute approximate surface area is 215 Å². The van der Waals surface area contributed by atoms with E-state index in [0.29, 0.717) is 24.6 Å². The summed E-state index contributed by atoms with van der Waals surface area (Å²) in [4.78, 5) is 17.2. The van der Waals surface area contributed by atoms with Crippen LogP contribution in [0.1, 0.15) is 64.6 Å². The highest BCUT2D eigenvalue weighted by atomic mass is 32.3. The molecule has 36 heavy (non-hydrogen) atoms. The second-order valence-corrected chi connectivity index (χ2v) is 14.9. The molecule has 0 atom stereocenters. The third-order valence-corrected chi connectivity index (χ3v) is 9.73. The van der Waals surface area contributed by atoms with Crippen molar-refractivity contribution in [3.8, 4) is 5.75 Å². The maximum Gasteiger partial charge on any atom is 0.274 e. The minimum atomic E-state index is -1.65. The number of rotatable bonds is 9. The number of alkyl halides is 1. The molecule has 2 heterocycles. The summed E-state index contributed by atoms with van der Waals surface area (Å²) in [5, 5.41) is 8.42. The van der Waals surface area contributed by atoms with Gasteiger partial charge in [0.05, 0.1) is 36.2 Å². The smallest absolute Gasteiger partial charge is 0.274 e. The lowest BCUT2D eigenvalue weighted by Gasteiger charge is -2.43. The Morgan fingerprint density at radius 2 is 1.86 bits per heavy atom. The lowest BCUT2D eigenvalue weighted by molar-refractivity contribution is 0.102. The number of nitrogens with one attached hydrogen (secondary N) is 1. The van der Waals surface area contributed by atoms with Gasteiger partial charge in [0.1, 0.15) is 17.1 Å². The van der Waals surface area contributed by atoms with Gasteiger partial charge in [-0.15, -0.1) is 10.3 Å². The van der Waals surface area contributed by atoms with Crippen LogP contribution in [-0.4, -0.2) is 50.6 Å². The molecule has 0 radical (unpaired) electrons. The Morgan fingerprint density at radius 1 is 1.17 bits per heavy atom. The third kappa shape index (κ3) is 6.76. The monoisotopic (exact) mass is 518 g/mol. The van der Waals surface area contributed by atoms with Crippen LogP contribution in [0.3, 0.4) is 0 Å². The standard InChI is InChI=1S/C27H39FN4O3S/c1-18(2)35-23-16-21-19(17-32(31-21)13-14-34-36(8,9)26(3,4)5)15-22(23)30-25(33)20-11-10-12-24(29-20)27(6,7)28/h10-12,15-18H,13-14H2,1-9H3,(H,30,33). The maximum atomic E-state index is 14.4. The minimum Gasteiger partial charge on any atom is -0.489 e. The molecule has 0 aliphatic heterocycles. The van der Waals surface area contributed by atoms with Crippen molar-refractivity contribution < 1.29 is 18.1 Å². The van der Waals surface area contributed by atoms with E-state index in [0.717, 1.165) is 10.9 Å². The number of anilines is 1. The number of amides is 1. The second kappa shape index (κ2) is 10.4. The highest BCUT2D eigenvalue weighted by Crippen LogP contribution is 2.53. The van der Waals surface area contributed by atoms with Crippen LogP contribution in [0.2, 0.25) is 0 Å². The van der Waals surface area contributed by atoms with E-state index in [1.54, 1.807) is 18.2 Å². The lowest BCUT2D eigenvalue weighted by Crippen LogP contribution is -2.26. The number of carbonyl (C=O) groups excluding carboxylic acids is 1. The zero-order valence-corrected chi connectivity index (χ0v) is 23.6. The quantitative estimate of drug-likeness (QED) is 0.351. The Balaban J connectivity index is 1.84. The number of benzene rings is 1. The van der Waals surface area contributed by atoms with E-state index < -0.39 is 21.9 Å². The molecule has 2 aromatic heterocycles. The van der Waals surface area contributed by atoms with Crippen molar-refractivity contribution in [3.63, 3.8) is 0 Å². The Morgan fingerprint density at radius 3 is 2.47 bits per heavy atom. The fourth-order valence-electron chi connectivity index (χ4n) is 3.26. The molecule has 3 aromatic rings. The first-order chi connectivity index (χ1) is 16.6. The largest absolute Gasteiger partial charge is 0.489 e. The fourth-order valence-corrected chi connectivity index (χ4v) is 4.11. The average Bonchev–Trinajstić information content (AvgIpc) is 3.13. The van der Waals surface area contributed by atoms with Crippen LogP contribution in [0.25, 0.3) is 10.9 Å². The molecule has 1 amide bonds. The van der Waals surface area contributed by atoms with Crippen LogP contribution in [0.4, 0.5) is 10.1 Å². The third-order valence-electron chi connectivity index (χ3n) is 6.03. The first-order valence-electron chi connectivity index (χ1n) is 12.1. The number of ether oxygens (including phenoxy) is 1. The molecule has 9 heteroatoms. The molecular weight excluding hydrogens is 479 g/mol. The van der Waals surface area contributed by atoms with E-state index in [1.165, 1.54) is 13.8 Å². The summed E-state index contributed by atoms with van der Waals surface area (Å²) < 4.78 is 28.5. The van der Waals surface area contributed by atoms with Crippen LogP contribution in [-0.2, 0) is 16.4 Å². The number of aromatic nitrogens is 3. The van der Waals surface area contributed by atoms with E-state index in [1.807, 2.05) is 36.9 Å². The zero-order valence-electron chi connectivity index (χ0n) is 22.8. The van der Waals surface area contributed by atoms with Gasteiger partial charge in [0.25, 0.3) is 5.91 Å². The van der Waals surface area contributed by atoms with Crippen molar-refractivity contribution in [2.24, 2.45) is 0 Å². The molecule has 0 aliphatic carbocycles. The lowest BCUT2D eigenvalue weighted by atomic mass is 10.1. The predicted molar refractivity (Wildman–Crippen MR) is 147 cm³/mol. The first kappa shape index (κ1) is 27.9. The van der Waals surface area contributed by atoms with Crippen molar-refractivity contribution in [1.82, 2.24) is 14.8 Å². The molecule has 0 saturated carbocycles. The molecule has 0 fully saturated rings. The van der Waals surface area contributed by atoms with Gasteiger partial charge in [0, 0.05) is 22.4 Å². The van der Waals surface area contributed by atoms with Crippen LogP contribution in [0.15, 0.2) is 36.5 Å². The topological polar surface area (TPSA) is 78.3 Å². The van der Waals surface area contributed by atoms with Crippen molar-refractivity contribution in [2.75, 3.05) is 24.4 Å². The van der Waals surface area contributed by atoms with Gasteiger partial charge in [-0.05, 0) is 58.4 Å². The van der Waals surface area contributed by atoms with Crippen molar-refractivity contribution in [2.45, 2.75) is 71.5 Å². The Kier molecular flexibility index (Phi) is 8.05. The van der Waals surface area contributed by atoms with Crippen LogP contribution in [0.5, 0.6) is 5.75 Å². The summed E-state index contributed by atoms with van der Waals surface area (Å²) in [6.45, 7) is 14.4. The number of hydrogen-bond donors (Lipinski definition) is 1. The van der Waals surface area contributed by atoms with E-state index in [4.69, 9.17) is 8.92 Å². The number of hydrogen-bond acceptors (Lipinski definition) is 5. The van der Waals surface area contributed by atoms with E-state index in [2.05, 4.69) is 48.7 Å². The number of halogens is 1. The number of carbonyl (C=O) groups is 1. The van der Waals surface area contributed by atoms with E-state index in [9.17, 15) is 9.18 Å². The molecular formula is C27H39FN4O3S. The van der Waals surface area contributed by atoms with Crippen LogP contribution in [0, 0.1) is 0 Å². The number of fused-ring (bicyclic) bond motifs is 1. The zero-order chi connectivity index (χ0) is 26.9. The SMILES string of the molecule is CC(C)Oc1cc2nn(CCOS(C)(C)C(C)(C)C)cc2cc1NC(=O)c1cccc(C(C)(C)F)n1. The minimum absolute atomic E-state index is 0.0896. The predicted octanol–water partition coefficient (Wildman–Crippen LogP) is 6.47. The van der Waals surface area contributed by atoms with E-state index in [-0.39, 0.29) is 22.2 Å². The van der Waals surface area contributed by atoms with E-state index >= 15 is 0 Å². The second-order valence-electron chi connectivity index (χ2n) is 11.0. The first-order valence-corrected chi connectivity index (χ1v) is 14.5. The molecule has 3 rings (SSSR count). The summed E-state index contributed by atoms with van der Waals surface area (Å²) in [7, 11) is -1.22. The average molecular weight is 519 g/mol. The van der Waals surface area contributed by atoms with Gasteiger partial charge in [-0.2, -0.15) is 5.10 Å². The molecule has 1 aromatic carbocycles. The number of pyridine rings is 1. The molecule has 0 unspecified atom stereocenters. The van der Waals surface area contributed by atoms with Gasteiger partial charge in [-0.3, -0.25) is 9.48 Å². The highest BCUT2D eigenvalue weighted by Gasteiger charge is 2.28. The molecule has 1 N–H and O–H groups in total. The van der Waals surface area contributed by atoms with Gasteiger partial charge in [-0.25, -0.2) is 9.37 Å². The number of nitrogens with zero attached hydrogens (tertiary/aromatic N) is 3. The maximum absolute atomic E-state index is 14.4. The molecule has 0 aliphatic rings. The summed E-state index contributed by atoms with van der Waals surface area (Å²) in [6, 6.07) is 8.41. The van der Waals surface area contributed by atoms with Crippen LogP contribution >= 0.6 is 10.3 Å². The van der Waals surface area contributed by atoms with Gasteiger partial charge in [-0.1, -0.05) is 26.8 Å². The summed E-state index contributed by atoms with van der Waals surface area (Å²) >= 11 is 0. The Bertz CT molecular complexity index is 1230. The summed E-state index contributed by atoms with van der Waals surface area (Å²) in [5.74, 6) is 0.0647. The Hall–Kier alpha value is -2.65. The molecule has 0 saturated heterocycles. The van der Waals surface area contributed by atoms with Gasteiger partial charge in [0.15, 0.2) is 0 Å². The molecule has 0 spiro atoms. The van der Waals surface area contributed by atoms with Gasteiger partial charge in [0.2, 0.25) is 0 Å². The van der Waals surface area contributed by atoms with Gasteiger partial charge >= 0.3 is 0 Å². The summed E-state index contributed by atoms with van der Waals surface area (Å²) in [6.07, 6.45) is 6.18. The van der Waals surface area contributed by atoms with Crippen molar-refractivity contribution in [3.05, 3.63) is 47.9 Å². The normalized spacial score (nSPS) is 13.3.